The number of hydrogen-bond donors (Lipinski definition) is 1. The number of rotatable bonds is 6. The summed E-state index contributed by atoms with van der Waals surface area (Å²) in [4.78, 5) is 0. The van der Waals surface area contributed by atoms with Crippen LogP contribution in [0.2, 0.25) is 0 Å². The van der Waals surface area contributed by atoms with Crippen LogP contribution in [0.5, 0.6) is 0 Å². The van der Waals surface area contributed by atoms with E-state index < -0.39 is 0 Å². The molecule has 0 rings (SSSR count). The van der Waals surface area contributed by atoms with Crippen LogP contribution in [0.4, 0.5) is 0 Å². The van der Waals surface area contributed by atoms with Gasteiger partial charge >= 0.3 is 0 Å². The molecular weight excluding hydrogens is 148 g/mol. The van der Waals surface area contributed by atoms with Gasteiger partial charge < -0.3 is 0 Å². The maximum absolute atomic E-state index is 8.78. The summed E-state index contributed by atoms with van der Waals surface area (Å²) in [5.41, 5.74) is 0. The molecule has 0 aromatic heterocycles. The summed E-state index contributed by atoms with van der Waals surface area (Å²) in [5, 5.41) is 12.1. The van der Waals surface area contributed by atoms with Crippen LogP contribution in [0.25, 0.3) is 0 Å². The van der Waals surface area contributed by atoms with Crippen molar-refractivity contribution in [3.63, 3.8) is 0 Å². The van der Waals surface area contributed by atoms with Gasteiger partial charge in [0.05, 0.1) is 12.1 Å². The molecule has 0 aliphatic heterocycles. The Kier molecular flexibility index (Phi) is 6.79. The van der Waals surface area contributed by atoms with Crippen molar-refractivity contribution < 1.29 is 0 Å². The van der Waals surface area contributed by atoms with Gasteiger partial charge in [-0.15, -0.1) is 0 Å². The highest BCUT2D eigenvalue weighted by atomic mass is 14.9. The van der Waals surface area contributed by atoms with Crippen molar-refractivity contribution >= 4 is 0 Å². The molecule has 2 atom stereocenters. The van der Waals surface area contributed by atoms with Crippen LogP contribution in [-0.4, -0.2) is 12.1 Å². The van der Waals surface area contributed by atoms with Gasteiger partial charge in [0.15, 0.2) is 0 Å². The minimum atomic E-state index is 0.0555. The van der Waals surface area contributed by atoms with E-state index in [4.69, 9.17) is 5.26 Å². The topological polar surface area (TPSA) is 35.8 Å². The van der Waals surface area contributed by atoms with Crippen molar-refractivity contribution in [3.8, 4) is 6.07 Å². The van der Waals surface area contributed by atoms with Gasteiger partial charge in [0.1, 0.15) is 0 Å². The zero-order valence-electron chi connectivity index (χ0n) is 8.43. The Morgan fingerprint density at radius 3 is 2.50 bits per heavy atom. The molecule has 0 saturated carbocycles. The average Bonchev–Trinajstić information content (AvgIpc) is 2.11. The fourth-order valence-electron chi connectivity index (χ4n) is 1.05. The Balaban J connectivity index is 3.61. The summed E-state index contributed by atoms with van der Waals surface area (Å²) < 4.78 is 0. The summed E-state index contributed by atoms with van der Waals surface area (Å²) >= 11 is 0. The molecule has 70 valence electrons. The van der Waals surface area contributed by atoms with Crippen LogP contribution >= 0.6 is 0 Å². The summed E-state index contributed by atoms with van der Waals surface area (Å²) in [7, 11) is 0. The van der Waals surface area contributed by atoms with Crippen molar-refractivity contribution in [3.05, 3.63) is 0 Å². The van der Waals surface area contributed by atoms with Crippen molar-refractivity contribution in [1.29, 1.82) is 5.26 Å². The van der Waals surface area contributed by atoms with Crippen LogP contribution in [0.15, 0.2) is 0 Å². The Hall–Kier alpha value is -0.550. The molecule has 0 amide bonds. The first kappa shape index (κ1) is 11.4. The number of hydrogen-bond acceptors (Lipinski definition) is 2. The van der Waals surface area contributed by atoms with Gasteiger partial charge in [0, 0.05) is 6.04 Å². The maximum Gasteiger partial charge on any atom is 0.0955 e. The quantitative estimate of drug-likeness (QED) is 0.661. The molecule has 12 heavy (non-hydrogen) atoms. The molecule has 0 aromatic carbocycles. The van der Waals surface area contributed by atoms with E-state index in [9.17, 15) is 0 Å². The third kappa shape index (κ3) is 5.15. The lowest BCUT2D eigenvalue weighted by Gasteiger charge is -2.15. The Morgan fingerprint density at radius 1 is 1.42 bits per heavy atom. The number of nitriles is 1. The normalized spacial score (nSPS) is 15.2. The fourth-order valence-corrected chi connectivity index (χ4v) is 1.05. The first-order chi connectivity index (χ1) is 5.74. The summed E-state index contributed by atoms with van der Waals surface area (Å²) in [6.45, 7) is 6.40. The zero-order chi connectivity index (χ0) is 9.40. The molecule has 0 saturated heterocycles. The van der Waals surface area contributed by atoms with Gasteiger partial charge in [-0.3, -0.25) is 5.32 Å². The van der Waals surface area contributed by atoms with E-state index in [1.54, 1.807) is 0 Å². The molecule has 1 N–H and O–H groups in total. The van der Waals surface area contributed by atoms with Gasteiger partial charge in [-0.1, -0.05) is 26.7 Å². The summed E-state index contributed by atoms with van der Waals surface area (Å²) in [6.07, 6.45) is 4.38. The average molecular weight is 168 g/mol. The largest absolute Gasteiger partial charge is 0.299 e. The first-order valence-electron chi connectivity index (χ1n) is 4.90. The Morgan fingerprint density at radius 2 is 2.08 bits per heavy atom. The zero-order valence-corrected chi connectivity index (χ0v) is 8.43. The molecule has 0 aromatic rings. The van der Waals surface area contributed by atoms with Crippen molar-refractivity contribution in [2.24, 2.45) is 0 Å². The smallest absolute Gasteiger partial charge is 0.0955 e. The molecule has 2 unspecified atom stereocenters. The molecule has 2 heteroatoms. The highest BCUT2D eigenvalue weighted by Gasteiger charge is 2.08. The van der Waals surface area contributed by atoms with Gasteiger partial charge in [-0.2, -0.15) is 5.26 Å². The molecule has 0 aliphatic carbocycles. The van der Waals surface area contributed by atoms with Crippen LogP contribution in [0.1, 0.15) is 46.5 Å². The highest BCUT2D eigenvalue weighted by Crippen LogP contribution is 2.01. The van der Waals surface area contributed by atoms with Gasteiger partial charge in [-0.05, 0) is 19.8 Å². The molecule has 0 fully saturated rings. The minimum absolute atomic E-state index is 0.0555. The predicted octanol–water partition coefficient (Wildman–Crippen LogP) is 2.46. The summed E-state index contributed by atoms with van der Waals surface area (Å²) in [6, 6.07) is 2.81. The van der Waals surface area contributed by atoms with Crippen molar-refractivity contribution in [2.75, 3.05) is 0 Å². The van der Waals surface area contributed by atoms with Crippen molar-refractivity contribution in [1.82, 2.24) is 5.32 Å². The highest BCUT2D eigenvalue weighted by molar-refractivity contribution is 4.90. The molecule has 0 aliphatic rings. The van der Waals surface area contributed by atoms with E-state index in [1.807, 2.05) is 0 Å². The lowest BCUT2D eigenvalue weighted by molar-refractivity contribution is 0.462. The lowest BCUT2D eigenvalue weighted by Crippen LogP contribution is -2.34. The molecule has 0 radical (unpaired) electrons. The van der Waals surface area contributed by atoms with E-state index in [0.29, 0.717) is 6.04 Å². The number of nitrogens with one attached hydrogen (secondary N) is 1. The van der Waals surface area contributed by atoms with Gasteiger partial charge in [0.2, 0.25) is 0 Å². The monoisotopic (exact) mass is 168 g/mol. The molecular formula is C10H20N2. The Bertz CT molecular complexity index is 137. The lowest BCUT2D eigenvalue weighted by atomic mass is 10.1. The third-order valence-corrected chi connectivity index (χ3v) is 2.10. The molecule has 0 bridgehead atoms. The van der Waals surface area contributed by atoms with E-state index >= 15 is 0 Å². The summed E-state index contributed by atoms with van der Waals surface area (Å²) in [5.74, 6) is 0. The Labute approximate surface area is 76.0 Å². The molecule has 2 nitrogen and oxygen atoms in total. The fraction of sp³-hybridized carbons (Fsp3) is 0.900. The molecule has 0 heterocycles. The third-order valence-electron chi connectivity index (χ3n) is 2.10. The predicted molar refractivity (Wildman–Crippen MR) is 51.8 cm³/mol. The second-order valence-corrected chi connectivity index (χ2v) is 3.30. The SMILES string of the molecule is CCCCC(C#N)NC(C)CC. The van der Waals surface area contributed by atoms with E-state index in [2.05, 4.69) is 32.2 Å². The van der Waals surface area contributed by atoms with Crippen LogP contribution in [0.3, 0.4) is 0 Å². The van der Waals surface area contributed by atoms with Crippen LogP contribution in [0, 0.1) is 11.3 Å². The van der Waals surface area contributed by atoms with E-state index in [-0.39, 0.29) is 6.04 Å². The molecule has 0 spiro atoms. The number of unbranched alkanes of at least 4 members (excludes halogenated alkanes) is 1. The van der Waals surface area contributed by atoms with E-state index in [1.165, 1.54) is 6.42 Å². The first-order valence-corrected chi connectivity index (χ1v) is 4.90. The second kappa shape index (κ2) is 7.12. The number of nitrogens with zero attached hydrogens (tertiary/aromatic N) is 1. The maximum atomic E-state index is 8.78. The van der Waals surface area contributed by atoms with E-state index in [0.717, 1.165) is 19.3 Å². The van der Waals surface area contributed by atoms with Crippen LogP contribution < -0.4 is 5.32 Å². The van der Waals surface area contributed by atoms with Gasteiger partial charge in [0.25, 0.3) is 0 Å². The van der Waals surface area contributed by atoms with Crippen LogP contribution in [-0.2, 0) is 0 Å². The second-order valence-electron chi connectivity index (χ2n) is 3.30. The van der Waals surface area contributed by atoms with Crippen molar-refractivity contribution in [2.45, 2.75) is 58.5 Å². The standard InChI is InChI=1S/C10H20N2/c1-4-6-7-10(8-11)12-9(3)5-2/h9-10,12H,4-7H2,1-3H3. The van der Waals surface area contributed by atoms with Gasteiger partial charge in [-0.25, -0.2) is 0 Å². The minimum Gasteiger partial charge on any atom is -0.299 e.